The van der Waals surface area contributed by atoms with Gasteiger partial charge >= 0.3 is 12.3 Å². The molecule has 31 heavy (non-hydrogen) atoms. The number of benzene rings is 2. The lowest BCUT2D eigenvalue weighted by atomic mass is 9.96. The SMILES string of the molecule is COc1ccc(OC(=O)O)cc1.COc1ccc(OC(=O)OC(C)(C)CC(C)C)cc1. The Balaban J connectivity index is 0.000000343. The summed E-state index contributed by atoms with van der Waals surface area (Å²) in [6, 6.07) is 13.1. The third-order valence-corrected chi connectivity index (χ3v) is 3.78. The van der Waals surface area contributed by atoms with Crippen LogP contribution in [0.4, 0.5) is 9.59 Å². The average Bonchev–Trinajstić information content (AvgIpc) is 2.67. The minimum atomic E-state index is -1.32. The maximum absolute atomic E-state index is 11.7. The normalized spacial score (nSPS) is 10.4. The van der Waals surface area contributed by atoms with Crippen molar-refractivity contribution in [1.82, 2.24) is 0 Å². The highest BCUT2D eigenvalue weighted by atomic mass is 16.7. The highest BCUT2D eigenvalue weighted by molar-refractivity contribution is 5.64. The van der Waals surface area contributed by atoms with E-state index < -0.39 is 17.9 Å². The van der Waals surface area contributed by atoms with Crippen LogP contribution in [0.3, 0.4) is 0 Å². The predicted molar refractivity (Wildman–Crippen MR) is 115 cm³/mol. The van der Waals surface area contributed by atoms with Gasteiger partial charge in [0.05, 0.1) is 14.2 Å². The summed E-state index contributed by atoms with van der Waals surface area (Å²) in [7, 11) is 3.12. The molecule has 0 aromatic heterocycles. The summed E-state index contributed by atoms with van der Waals surface area (Å²) in [5, 5.41) is 8.24. The maximum Gasteiger partial charge on any atom is 0.514 e. The summed E-state index contributed by atoms with van der Waals surface area (Å²) in [6.07, 6.45) is -1.22. The van der Waals surface area contributed by atoms with Gasteiger partial charge in [0, 0.05) is 0 Å². The van der Waals surface area contributed by atoms with Crippen LogP contribution < -0.4 is 18.9 Å². The minimum Gasteiger partial charge on any atom is -0.497 e. The Labute approximate surface area is 182 Å². The van der Waals surface area contributed by atoms with Crippen molar-refractivity contribution in [1.29, 1.82) is 0 Å². The van der Waals surface area contributed by atoms with Crippen molar-refractivity contribution in [2.24, 2.45) is 5.92 Å². The summed E-state index contributed by atoms with van der Waals surface area (Å²) >= 11 is 0. The Hall–Kier alpha value is -3.42. The van der Waals surface area contributed by atoms with Crippen LogP contribution >= 0.6 is 0 Å². The molecule has 0 spiro atoms. The summed E-state index contributed by atoms with van der Waals surface area (Å²) in [4.78, 5) is 21.8. The number of hydrogen-bond donors (Lipinski definition) is 1. The first kappa shape index (κ1) is 25.6. The van der Waals surface area contributed by atoms with Crippen LogP contribution in [0, 0.1) is 5.92 Å². The lowest BCUT2D eigenvalue weighted by Gasteiger charge is -2.26. The highest BCUT2D eigenvalue weighted by Crippen LogP contribution is 2.22. The average molecular weight is 434 g/mol. The van der Waals surface area contributed by atoms with Gasteiger partial charge in [-0.3, -0.25) is 0 Å². The van der Waals surface area contributed by atoms with Gasteiger partial charge < -0.3 is 28.8 Å². The zero-order valence-corrected chi connectivity index (χ0v) is 18.7. The van der Waals surface area contributed by atoms with Crippen LogP contribution in [0.15, 0.2) is 48.5 Å². The van der Waals surface area contributed by atoms with Gasteiger partial charge in [0.1, 0.15) is 28.6 Å². The molecular weight excluding hydrogens is 404 g/mol. The van der Waals surface area contributed by atoms with Crippen molar-refractivity contribution >= 4 is 12.3 Å². The van der Waals surface area contributed by atoms with Crippen molar-refractivity contribution in [3.63, 3.8) is 0 Å². The highest BCUT2D eigenvalue weighted by Gasteiger charge is 2.25. The van der Waals surface area contributed by atoms with Gasteiger partial charge in [-0.1, -0.05) is 13.8 Å². The zero-order chi connectivity index (χ0) is 23.4. The molecule has 0 saturated carbocycles. The van der Waals surface area contributed by atoms with E-state index >= 15 is 0 Å². The number of hydrogen-bond acceptors (Lipinski definition) is 7. The van der Waals surface area contributed by atoms with E-state index in [1.54, 1.807) is 43.5 Å². The van der Waals surface area contributed by atoms with Crippen molar-refractivity contribution in [2.75, 3.05) is 14.2 Å². The van der Waals surface area contributed by atoms with Crippen molar-refractivity contribution in [2.45, 2.75) is 39.7 Å². The van der Waals surface area contributed by atoms with Crippen LogP contribution in [0.5, 0.6) is 23.0 Å². The van der Waals surface area contributed by atoms with E-state index in [-0.39, 0.29) is 5.75 Å². The molecule has 0 radical (unpaired) electrons. The molecule has 0 saturated heterocycles. The van der Waals surface area contributed by atoms with Crippen molar-refractivity contribution in [3.8, 4) is 23.0 Å². The standard InChI is InChI=1S/C15H22O4.C8H8O4/c1-11(2)10-15(3,4)19-14(16)18-13-8-6-12(17-5)7-9-13;1-11-6-2-4-7(5-3-6)12-8(9)10/h6-9,11H,10H2,1-5H3;2-5H,1H3,(H,9,10). The largest absolute Gasteiger partial charge is 0.514 e. The second kappa shape index (κ2) is 12.3. The Morgan fingerprint density at radius 2 is 1.19 bits per heavy atom. The monoisotopic (exact) mass is 434 g/mol. The molecule has 1 N–H and O–H groups in total. The fourth-order valence-corrected chi connectivity index (χ4v) is 2.76. The molecule has 2 aromatic carbocycles. The van der Waals surface area contributed by atoms with Gasteiger partial charge in [-0.05, 0) is 74.7 Å². The molecule has 170 valence electrons. The first-order chi connectivity index (χ1) is 14.5. The minimum absolute atomic E-state index is 0.281. The first-order valence-corrected chi connectivity index (χ1v) is 9.64. The van der Waals surface area contributed by atoms with Gasteiger partial charge in [-0.25, -0.2) is 9.59 Å². The molecule has 0 heterocycles. The third kappa shape index (κ3) is 10.8. The fraction of sp³-hybridized carbons (Fsp3) is 0.391. The van der Waals surface area contributed by atoms with E-state index in [2.05, 4.69) is 18.6 Å². The predicted octanol–water partition coefficient (Wildman–Crippen LogP) is 5.79. The van der Waals surface area contributed by atoms with Crippen LogP contribution in [-0.4, -0.2) is 37.2 Å². The maximum atomic E-state index is 11.7. The molecule has 2 aromatic rings. The lowest BCUT2D eigenvalue weighted by Crippen LogP contribution is -2.31. The number of ether oxygens (including phenoxy) is 5. The molecule has 0 unspecified atom stereocenters. The smallest absolute Gasteiger partial charge is 0.497 e. The summed E-state index contributed by atoms with van der Waals surface area (Å²) in [6.45, 7) is 7.92. The molecule has 0 amide bonds. The molecular formula is C23H30O8. The Bertz CT molecular complexity index is 810. The summed E-state index contributed by atoms with van der Waals surface area (Å²) in [5.74, 6) is 2.53. The molecule has 0 atom stereocenters. The second-order valence-corrected chi connectivity index (χ2v) is 7.53. The summed E-state index contributed by atoms with van der Waals surface area (Å²) in [5.41, 5.74) is -0.530. The van der Waals surface area contributed by atoms with Gasteiger partial charge in [-0.15, -0.1) is 0 Å². The first-order valence-electron chi connectivity index (χ1n) is 9.64. The van der Waals surface area contributed by atoms with Crippen molar-refractivity contribution < 1.29 is 38.4 Å². The number of carbonyl (C=O) groups excluding carboxylic acids is 1. The molecule has 0 aliphatic rings. The molecule has 2 rings (SSSR count). The molecule has 0 aliphatic heterocycles. The van der Waals surface area contributed by atoms with E-state index in [4.69, 9.17) is 24.1 Å². The fourth-order valence-electron chi connectivity index (χ4n) is 2.76. The van der Waals surface area contributed by atoms with Crippen molar-refractivity contribution in [3.05, 3.63) is 48.5 Å². The topological polar surface area (TPSA) is 101 Å². The van der Waals surface area contributed by atoms with E-state index in [0.29, 0.717) is 23.2 Å². The lowest BCUT2D eigenvalue weighted by molar-refractivity contribution is -0.00265. The van der Waals surface area contributed by atoms with Gasteiger partial charge in [0.2, 0.25) is 0 Å². The zero-order valence-electron chi connectivity index (χ0n) is 18.7. The Kier molecular flexibility index (Phi) is 10.2. The molecule has 8 heteroatoms. The Morgan fingerprint density at radius 3 is 1.55 bits per heavy atom. The van der Waals surface area contributed by atoms with Gasteiger partial charge in [-0.2, -0.15) is 0 Å². The third-order valence-electron chi connectivity index (χ3n) is 3.78. The van der Waals surface area contributed by atoms with Crippen LogP contribution in [0.25, 0.3) is 0 Å². The van der Waals surface area contributed by atoms with Gasteiger partial charge in [0.25, 0.3) is 0 Å². The molecule has 0 fully saturated rings. The molecule has 0 bridgehead atoms. The Morgan fingerprint density at radius 1 is 0.806 bits per heavy atom. The molecule has 8 nitrogen and oxygen atoms in total. The van der Waals surface area contributed by atoms with E-state index in [0.717, 1.165) is 6.42 Å². The number of methoxy groups -OCH3 is 2. The quantitative estimate of drug-likeness (QED) is 0.432. The van der Waals surface area contributed by atoms with Crippen LogP contribution in [0.1, 0.15) is 34.1 Å². The van der Waals surface area contributed by atoms with Gasteiger partial charge in [0.15, 0.2) is 0 Å². The van der Waals surface area contributed by atoms with E-state index in [1.165, 1.54) is 19.2 Å². The number of rotatable bonds is 7. The molecule has 0 aliphatic carbocycles. The van der Waals surface area contributed by atoms with E-state index in [1.807, 2.05) is 13.8 Å². The van der Waals surface area contributed by atoms with Crippen LogP contribution in [0.2, 0.25) is 0 Å². The second-order valence-electron chi connectivity index (χ2n) is 7.53. The van der Waals surface area contributed by atoms with Crippen LogP contribution in [-0.2, 0) is 4.74 Å². The number of carboxylic acid groups (broad SMARTS) is 1. The summed E-state index contributed by atoms with van der Waals surface area (Å²) < 4.78 is 24.7. The number of carbonyl (C=O) groups is 2. The van der Waals surface area contributed by atoms with E-state index in [9.17, 15) is 9.59 Å².